The van der Waals surface area contributed by atoms with Gasteiger partial charge in [0.05, 0.1) is 11.0 Å². The lowest BCUT2D eigenvalue weighted by Gasteiger charge is -2.39. The molecule has 0 saturated heterocycles. The Morgan fingerprint density at radius 2 is 1.34 bits per heavy atom. The second-order valence-corrected chi connectivity index (χ2v) is 8.84. The molecule has 3 heteroatoms. The highest BCUT2D eigenvalue weighted by atomic mass is 16.3. The smallest absolute Gasteiger partial charge is 0.0986 e. The molecule has 0 radical (unpaired) electrons. The van der Waals surface area contributed by atoms with Gasteiger partial charge in [-0.3, -0.25) is 0 Å². The van der Waals surface area contributed by atoms with Gasteiger partial charge in [-0.15, -0.1) is 0 Å². The topological polar surface area (TPSA) is 72.3 Å². The van der Waals surface area contributed by atoms with Crippen molar-refractivity contribution in [2.45, 2.75) is 31.8 Å². The molecule has 1 aliphatic carbocycles. The number of nitrogens with two attached hydrogens (primary N) is 2. The minimum atomic E-state index is -1.04. The first-order chi connectivity index (χ1) is 15.2. The number of rotatable bonds is 4. The lowest BCUT2D eigenvalue weighted by Crippen LogP contribution is -2.33. The zero-order chi connectivity index (χ0) is 22.9. The second kappa shape index (κ2) is 8.18. The molecule has 1 unspecified atom stereocenters. The summed E-state index contributed by atoms with van der Waals surface area (Å²) < 4.78 is 0. The first kappa shape index (κ1) is 21.7. The summed E-state index contributed by atoms with van der Waals surface area (Å²) in [6.07, 6.45) is 9.56. The van der Waals surface area contributed by atoms with E-state index < -0.39 is 11.0 Å². The van der Waals surface area contributed by atoms with Crippen molar-refractivity contribution < 1.29 is 5.11 Å². The number of allylic oxidation sites excluding steroid dienone is 4. The highest BCUT2D eigenvalue weighted by Gasteiger charge is 2.42. The summed E-state index contributed by atoms with van der Waals surface area (Å²) in [4.78, 5) is 0. The minimum absolute atomic E-state index is 0.689. The standard InChI is InChI=1S/C29H30N2O/c1-20-11-13-26(30)24(18-20)29(22-8-5-4-6-9-22,25-19-21(2)12-14-27(25)31)23-10-7-16-28(3,32)17-15-23/h4-19,32H,30-31H2,1-3H3. The third kappa shape index (κ3) is 3.76. The van der Waals surface area contributed by atoms with Gasteiger partial charge in [-0.05, 0) is 67.3 Å². The zero-order valence-electron chi connectivity index (χ0n) is 18.8. The van der Waals surface area contributed by atoms with Gasteiger partial charge in [0.1, 0.15) is 0 Å². The molecule has 3 nitrogen and oxygen atoms in total. The van der Waals surface area contributed by atoms with Crippen LogP contribution in [-0.2, 0) is 5.41 Å². The van der Waals surface area contributed by atoms with E-state index in [9.17, 15) is 5.11 Å². The molecular weight excluding hydrogens is 392 g/mol. The first-order valence-corrected chi connectivity index (χ1v) is 10.8. The molecule has 0 aromatic heterocycles. The van der Waals surface area contributed by atoms with E-state index >= 15 is 0 Å². The van der Waals surface area contributed by atoms with Crippen LogP contribution in [0.1, 0.15) is 34.7 Å². The van der Waals surface area contributed by atoms with E-state index in [2.05, 4.69) is 44.2 Å². The van der Waals surface area contributed by atoms with Crippen LogP contribution >= 0.6 is 0 Å². The number of hydrogen-bond acceptors (Lipinski definition) is 3. The lowest BCUT2D eigenvalue weighted by molar-refractivity contribution is 0.164. The summed E-state index contributed by atoms with van der Waals surface area (Å²) in [6, 6.07) is 22.6. The number of aliphatic hydroxyl groups is 1. The van der Waals surface area contributed by atoms with Gasteiger partial charge in [0.15, 0.2) is 0 Å². The monoisotopic (exact) mass is 422 g/mol. The molecule has 162 valence electrons. The van der Waals surface area contributed by atoms with E-state index in [1.165, 1.54) is 0 Å². The molecule has 4 rings (SSSR count). The van der Waals surface area contributed by atoms with E-state index in [0.29, 0.717) is 11.4 Å². The van der Waals surface area contributed by atoms with Crippen molar-refractivity contribution >= 4 is 11.4 Å². The average Bonchev–Trinajstić information content (AvgIpc) is 2.95. The van der Waals surface area contributed by atoms with Gasteiger partial charge >= 0.3 is 0 Å². The third-order valence-electron chi connectivity index (χ3n) is 6.18. The third-order valence-corrected chi connectivity index (χ3v) is 6.18. The molecule has 0 bridgehead atoms. The maximum absolute atomic E-state index is 10.7. The van der Waals surface area contributed by atoms with Crippen molar-refractivity contribution in [3.05, 3.63) is 131 Å². The van der Waals surface area contributed by atoms with Crippen molar-refractivity contribution in [2.24, 2.45) is 0 Å². The summed E-state index contributed by atoms with van der Waals surface area (Å²) in [7, 11) is 0. The molecule has 0 amide bonds. The maximum atomic E-state index is 10.7. The predicted molar refractivity (Wildman–Crippen MR) is 134 cm³/mol. The Labute approximate surface area is 190 Å². The van der Waals surface area contributed by atoms with Crippen LogP contribution in [0.5, 0.6) is 0 Å². The number of hydrogen-bond donors (Lipinski definition) is 3. The quantitative estimate of drug-likeness (QED) is 0.378. The van der Waals surface area contributed by atoms with Crippen molar-refractivity contribution in [2.75, 3.05) is 11.5 Å². The van der Waals surface area contributed by atoms with Crippen LogP contribution in [0.4, 0.5) is 11.4 Å². The summed E-state index contributed by atoms with van der Waals surface area (Å²) in [5, 5.41) is 10.7. The van der Waals surface area contributed by atoms with E-state index in [1.807, 2.05) is 60.7 Å². The van der Waals surface area contributed by atoms with Gasteiger partial charge in [0.2, 0.25) is 0 Å². The summed E-state index contributed by atoms with van der Waals surface area (Å²) in [5.41, 5.74) is 19.1. The second-order valence-electron chi connectivity index (χ2n) is 8.84. The van der Waals surface area contributed by atoms with Crippen LogP contribution in [0.2, 0.25) is 0 Å². The highest BCUT2D eigenvalue weighted by Crippen LogP contribution is 2.50. The van der Waals surface area contributed by atoms with Gasteiger partial charge < -0.3 is 16.6 Å². The number of anilines is 2. The number of benzene rings is 3. The van der Waals surface area contributed by atoms with Crippen molar-refractivity contribution in [3.8, 4) is 0 Å². The van der Waals surface area contributed by atoms with Gasteiger partial charge in [-0.1, -0.05) is 84.0 Å². The van der Waals surface area contributed by atoms with Crippen LogP contribution in [-0.4, -0.2) is 10.7 Å². The highest BCUT2D eigenvalue weighted by molar-refractivity contribution is 5.73. The first-order valence-electron chi connectivity index (χ1n) is 10.8. The fourth-order valence-electron chi connectivity index (χ4n) is 4.58. The normalized spacial score (nSPS) is 18.3. The SMILES string of the molecule is Cc1ccc(N)c(C(C2=CC=CC(C)(O)C=C2)(c2ccccc2)c2cc(C)ccc2N)c1. The predicted octanol–water partition coefficient (Wildman–Crippen LogP) is 5.61. The van der Waals surface area contributed by atoms with Crippen LogP contribution in [0.3, 0.4) is 0 Å². The zero-order valence-corrected chi connectivity index (χ0v) is 18.8. The molecule has 0 heterocycles. The lowest BCUT2D eigenvalue weighted by atomic mass is 9.63. The molecule has 1 atom stereocenters. The van der Waals surface area contributed by atoms with Crippen molar-refractivity contribution in [3.63, 3.8) is 0 Å². The van der Waals surface area contributed by atoms with Crippen LogP contribution in [0, 0.1) is 13.8 Å². The average molecular weight is 423 g/mol. The van der Waals surface area contributed by atoms with E-state index in [1.54, 1.807) is 13.0 Å². The molecule has 3 aromatic carbocycles. The molecule has 0 spiro atoms. The summed E-state index contributed by atoms with van der Waals surface area (Å²) in [5.74, 6) is 0. The van der Waals surface area contributed by atoms with Crippen molar-refractivity contribution in [1.82, 2.24) is 0 Å². The van der Waals surface area contributed by atoms with Gasteiger partial charge in [0, 0.05) is 11.4 Å². The van der Waals surface area contributed by atoms with E-state index in [0.717, 1.165) is 33.4 Å². The molecule has 3 aromatic rings. The Balaban J connectivity index is 2.21. The fourth-order valence-corrected chi connectivity index (χ4v) is 4.58. The molecule has 0 fully saturated rings. The van der Waals surface area contributed by atoms with Gasteiger partial charge in [-0.25, -0.2) is 0 Å². The molecule has 5 N–H and O–H groups in total. The largest absolute Gasteiger partial charge is 0.398 e. The molecular formula is C29H30N2O. The van der Waals surface area contributed by atoms with E-state index in [-0.39, 0.29) is 0 Å². The maximum Gasteiger partial charge on any atom is 0.0986 e. The Hall–Kier alpha value is -3.56. The fraction of sp³-hybridized carbons (Fsp3) is 0.172. The Morgan fingerprint density at radius 1 is 0.781 bits per heavy atom. The van der Waals surface area contributed by atoms with Crippen molar-refractivity contribution in [1.29, 1.82) is 0 Å². The van der Waals surface area contributed by atoms with E-state index in [4.69, 9.17) is 11.5 Å². The Morgan fingerprint density at radius 3 is 1.91 bits per heavy atom. The van der Waals surface area contributed by atoms with Gasteiger partial charge in [0.25, 0.3) is 0 Å². The van der Waals surface area contributed by atoms with Crippen LogP contribution in [0.15, 0.2) is 103 Å². The molecule has 0 aliphatic heterocycles. The molecule has 1 aliphatic rings. The van der Waals surface area contributed by atoms with Gasteiger partial charge in [-0.2, -0.15) is 0 Å². The Bertz CT molecular complexity index is 1180. The minimum Gasteiger partial charge on any atom is -0.398 e. The Kier molecular flexibility index (Phi) is 5.53. The van der Waals surface area contributed by atoms with Crippen LogP contribution < -0.4 is 11.5 Å². The van der Waals surface area contributed by atoms with Crippen LogP contribution in [0.25, 0.3) is 0 Å². The molecule has 0 saturated carbocycles. The number of nitrogen functional groups attached to an aromatic ring is 2. The summed E-state index contributed by atoms with van der Waals surface area (Å²) >= 11 is 0. The summed E-state index contributed by atoms with van der Waals surface area (Å²) in [6.45, 7) is 5.91. The molecule has 32 heavy (non-hydrogen) atoms. The number of aryl methyl sites for hydroxylation is 2.